The zero-order valence-corrected chi connectivity index (χ0v) is 11.1. The Kier molecular flexibility index (Phi) is 2.89. The fourth-order valence-corrected chi connectivity index (χ4v) is 2.51. The molecule has 1 heterocycles. The number of anilines is 1. The molecule has 0 radical (unpaired) electrons. The summed E-state index contributed by atoms with van der Waals surface area (Å²) in [5, 5.41) is 0. The van der Waals surface area contributed by atoms with E-state index in [4.69, 9.17) is 4.74 Å². The zero-order valence-electron chi connectivity index (χ0n) is 11.1. The molecule has 0 saturated carbocycles. The molecule has 0 aliphatic carbocycles. The van der Waals surface area contributed by atoms with Crippen molar-refractivity contribution in [3.8, 4) is 0 Å². The maximum atomic E-state index is 12.6. The fourth-order valence-electron chi connectivity index (χ4n) is 2.51. The molecule has 0 unspecified atom stereocenters. The van der Waals surface area contributed by atoms with Gasteiger partial charge in [-0.2, -0.15) is 0 Å². The van der Waals surface area contributed by atoms with Gasteiger partial charge in [-0.15, -0.1) is 0 Å². The normalized spacial score (nSPS) is 26.8. The van der Waals surface area contributed by atoms with Crippen molar-refractivity contribution < 1.29 is 14.3 Å². The Morgan fingerprint density at radius 2 is 2.00 bits per heavy atom. The SMILES string of the molecule is COC(=O)[C@]1(C)C(=O)c2ccccc2N(C)[C@@H]1C. The number of carbonyl (C=O) groups is 2. The van der Waals surface area contributed by atoms with Crippen LogP contribution in [-0.2, 0) is 9.53 Å². The highest BCUT2D eigenvalue weighted by atomic mass is 16.5. The van der Waals surface area contributed by atoms with Crippen molar-refractivity contribution in [1.29, 1.82) is 0 Å². The third-order valence-electron chi connectivity index (χ3n) is 4.03. The minimum absolute atomic E-state index is 0.171. The maximum Gasteiger partial charge on any atom is 0.321 e. The number of rotatable bonds is 1. The van der Waals surface area contributed by atoms with Crippen LogP contribution in [0.4, 0.5) is 5.69 Å². The second-order valence-corrected chi connectivity index (χ2v) is 4.83. The number of Topliss-reactive ketones (excluding diaryl/α,β-unsaturated/α-hetero) is 1. The summed E-state index contributed by atoms with van der Waals surface area (Å²) in [6, 6.07) is 7.09. The molecule has 4 heteroatoms. The van der Waals surface area contributed by atoms with Crippen molar-refractivity contribution in [3.05, 3.63) is 29.8 Å². The molecule has 0 fully saturated rings. The Morgan fingerprint density at radius 3 is 2.61 bits per heavy atom. The number of benzene rings is 1. The van der Waals surface area contributed by atoms with Gasteiger partial charge in [0.15, 0.2) is 5.78 Å². The predicted octanol–water partition coefficient (Wildman–Crippen LogP) is 1.89. The minimum atomic E-state index is -1.15. The van der Waals surface area contributed by atoms with Crippen LogP contribution in [0.2, 0.25) is 0 Å². The first-order valence-corrected chi connectivity index (χ1v) is 5.89. The smallest absolute Gasteiger partial charge is 0.321 e. The Labute approximate surface area is 107 Å². The lowest BCUT2D eigenvalue weighted by Crippen LogP contribution is -2.56. The number of esters is 1. The number of ketones is 1. The van der Waals surface area contributed by atoms with E-state index in [-0.39, 0.29) is 11.8 Å². The minimum Gasteiger partial charge on any atom is -0.468 e. The van der Waals surface area contributed by atoms with Gasteiger partial charge in [-0.25, -0.2) is 0 Å². The molecule has 96 valence electrons. The number of hydrogen-bond acceptors (Lipinski definition) is 4. The van der Waals surface area contributed by atoms with Crippen molar-refractivity contribution in [3.63, 3.8) is 0 Å². The van der Waals surface area contributed by atoms with Crippen LogP contribution in [0.1, 0.15) is 24.2 Å². The summed E-state index contributed by atoms with van der Waals surface area (Å²) < 4.78 is 4.81. The fraction of sp³-hybridized carbons (Fsp3) is 0.429. The van der Waals surface area contributed by atoms with Gasteiger partial charge in [-0.05, 0) is 26.0 Å². The van der Waals surface area contributed by atoms with E-state index in [2.05, 4.69) is 0 Å². The largest absolute Gasteiger partial charge is 0.468 e. The van der Waals surface area contributed by atoms with Crippen LogP contribution >= 0.6 is 0 Å². The molecule has 1 aliphatic heterocycles. The number of fused-ring (bicyclic) bond motifs is 1. The van der Waals surface area contributed by atoms with Crippen LogP contribution in [0.25, 0.3) is 0 Å². The summed E-state index contributed by atoms with van der Waals surface area (Å²) in [6.07, 6.45) is 0. The van der Waals surface area contributed by atoms with Crippen LogP contribution in [0.5, 0.6) is 0 Å². The van der Waals surface area contributed by atoms with Gasteiger partial charge in [0.05, 0.1) is 7.11 Å². The molecule has 0 amide bonds. The van der Waals surface area contributed by atoms with Gasteiger partial charge in [-0.1, -0.05) is 12.1 Å². The molecule has 0 N–H and O–H groups in total. The van der Waals surface area contributed by atoms with Crippen molar-refractivity contribution in [2.24, 2.45) is 5.41 Å². The van der Waals surface area contributed by atoms with Gasteiger partial charge in [0.1, 0.15) is 5.41 Å². The molecule has 2 atom stereocenters. The van der Waals surface area contributed by atoms with E-state index < -0.39 is 11.4 Å². The number of ether oxygens (including phenoxy) is 1. The van der Waals surface area contributed by atoms with Crippen LogP contribution in [0.15, 0.2) is 24.3 Å². The van der Waals surface area contributed by atoms with Gasteiger partial charge < -0.3 is 9.64 Å². The van der Waals surface area contributed by atoms with E-state index in [1.54, 1.807) is 19.1 Å². The molecular formula is C14H17NO3. The lowest BCUT2D eigenvalue weighted by Gasteiger charge is -2.43. The van der Waals surface area contributed by atoms with E-state index >= 15 is 0 Å². The standard InChI is InChI=1S/C14H17NO3/c1-9-14(2,13(17)18-4)12(16)10-7-5-6-8-11(10)15(9)3/h5-9H,1-4H3/t9-,14+/m1/s1. The molecule has 4 nitrogen and oxygen atoms in total. The van der Waals surface area contributed by atoms with Crippen molar-refractivity contribution in [2.75, 3.05) is 19.1 Å². The molecule has 1 aliphatic rings. The summed E-state index contributed by atoms with van der Waals surface area (Å²) in [4.78, 5) is 26.5. The summed E-state index contributed by atoms with van der Waals surface area (Å²) in [6.45, 7) is 3.52. The Balaban J connectivity index is 2.62. The van der Waals surface area contributed by atoms with Crippen LogP contribution < -0.4 is 4.90 Å². The van der Waals surface area contributed by atoms with Crippen molar-refractivity contribution in [1.82, 2.24) is 0 Å². The predicted molar refractivity (Wildman–Crippen MR) is 68.8 cm³/mol. The monoisotopic (exact) mass is 247 g/mol. The molecule has 0 aromatic heterocycles. The number of nitrogens with zero attached hydrogens (tertiary/aromatic N) is 1. The zero-order chi connectivity index (χ0) is 13.5. The third kappa shape index (κ3) is 1.45. The quantitative estimate of drug-likeness (QED) is 0.561. The molecule has 2 rings (SSSR count). The molecule has 0 saturated heterocycles. The molecule has 18 heavy (non-hydrogen) atoms. The highest BCUT2D eigenvalue weighted by Gasteiger charge is 2.52. The lowest BCUT2D eigenvalue weighted by molar-refractivity contribution is -0.149. The highest BCUT2D eigenvalue weighted by molar-refractivity contribution is 6.17. The Morgan fingerprint density at radius 1 is 1.39 bits per heavy atom. The summed E-state index contributed by atoms with van der Waals surface area (Å²) in [7, 11) is 3.20. The van der Waals surface area contributed by atoms with Crippen molar-refractivity contribution >= 4 is 17.4 Å². The second-order valence-electron chi connectivity index (χ2n) is 4.83. The summed E-state index contributed by atoms with van der Waals surface area (Å²) in [5.41, 5.74) is 0.278. The van der Waals surface area contributed by atoms with Gasteiger partial charge in [0, 0.05) is 24.3 Å². The number of methoxy groups -OCH3 is 1. The molecular weight excluding hydrogens is 230 g/mol. The summed E-state index contributed by atoms with van der Waals surface area (Å²) in [5.74, 6) is -0.656. The first-order chi connectivity index (χ1) is 8.44. The topological polar surface area (TPSA) is 46.6 Å². The van der Waals surface area contributed by atoms with E-state index in [0.29, 0.717) is 5.56 Å². The first-order valence-electron chi connectivity index (χ1n) is 5.89. The average Bonchev–Trinajstić information content (AvgIpc) is 2.41. The lowest BCUT2D eigenvalue weighted by atomic mass is 9.72. The van der Waals surface area contributed by atoms with E-state index in [1.807, 2.05) is 31.0 Å². The van der Waals surface area contributed by atoms with Crippen LogP contribution in [-0.4, -0.2) is 32.0 Å². The maximum absolute atomic E-state index is 12.6. The Bertz CT molecular complexity index is 512. The van der Waals surface area contributed by atoms with Crippen LogP contribution in [0.3, 0.4) is 0 Å². The van der Waals surface area contributed by atoms with Gasteiger partial charge in [-0.3, -0.25) is 9.59 Å². The van der Waals surface area contributed by atoms with E-state index in [0.717, 1.165) is 5.69 Å². The average molecular weight is 247 g/mol. The van der Waals surface area contributed by atoms with Gasteiger partial charge in [0.2, 0.25) is 0 Å². The summed E-state index contributed by atoms with van der Waals surface area (Å²) >= 11 is 0. The van der Waals surface area contributed by atoms with Gasteiger partial charge >= 0.3 is 5.97 Å². The molecule has 1 aromatic rings. The number of hydrogen-bond donors (Lipinski definition) is 0. The highest BCUT2D eigenvalue weighted by Crippen LogP contribution is 2.40. The molecule has 1 aromatic carbocycles. The van der Waals surface area contributed by atoms with E-state index in [1.165, 1.54) is 7.11 Å². The van der Waals surface area contributed by atoms with Gasteiger partial charge in [0.25, 0.3) is 0 Å². The Hall–Kier alpha value is -1.84. The van der Waals surface area contributed by atoms with Crippen LogP contribution in [0, 0.1) is 5.41 Å². The first kappa shape index (κ1) is 12.6. The van der Waals surface area contributed by atoms with E-state index in [9.17, 15) is 9.59 Å². The molecule has 0 spiro atoms. The number of carbonyl (C=O) groups excluding carboxylic acids is 2. The number of para-hydroxylation sites is 1. The third-order valence-corrected chi connectivity index (χ3v) is 4.03. The van der Waals surface area contributed by atoms with Crippen molar-refractivity contribution in [2.45, 2.75) is 19.9 Å². The molecule has 0 bridgehead atoms. The second kappa shape index (κ2) is 4.12.